The quantitative estimate of drug-likeness (QED) is 0.747. The van der Waals surface area contributed by atoms with Crippen LogP contribution < -0.4 is 0 Å². The summed E-state index contributed by atoms with van der Waals surface area (Å²) in [6.45, 7) is 7.29. The highest BCUT2D eigenvalue weighted by atomic mass is 16.5. The molecule has 0 bridgehead atoms. The number of fused-ring (bicyclic) bond motifs is 1. The van der Waals surface area contributed by atoms with Gasteiger partial charge in [-0.3, -0.25) is 14.4 Å². The van der Waals surface area contributed by atoms with Crippen molar-refractivity contribution in [2.75, 3.05) is 6.61 Å². The molecule has 0 aromatic carbocycles. The van der Waals surface area contributed by atoms with Gasteiger partial charge in [0.15, 0.2) is 0 Å². The van der Waals surface area contributed by atoms with Crippen LogP contribution in [0.3, 0.4) is 0 Å². The van der Waals surface area contributed by atoms with E-state index in [2.05, 4.69) is 6.92 Å². The fourth-order valence-electron chi connectivity index (χ4n) is 4.60. The standard InChI is InChI=1S/C18H28O5/c1-11-9-18(4)15(6-8-17(18)21)14(10-22-12(2)19)5-7-16(11)23-13(3)20/h11,14-16H,5-10H2,1-4H3/t11-,14-,15-,16-,18-/m1/s1. The Labute approximate surface area is 138 Å². The third-order valence-corrected chi connectivity index (χ3v) is 5.73. The van der Waals surface area contributed by atoms with Gasteiger partial charge in [-0.2, -0.15) is 0 Å². The van der Waals surface area contributed by atoms with Crippen molar-refractivity contribution >= 4 is 17.7 Å². The van der Waals surface area contributed by atoms with Crippen LogP contribution in [0.25, 0.3) is 0 Å². The van der Waals surface area contributed by atoms with Crippen LogP contribution >= 0.6 is 0 Å². The van der Waals surface area contributed by atoms with Gasteiger partial charge in [0.1, 0.15) is 11.9 Å². The molecular weight excluding hydrogens is 296 g/mol. The van der Waals surface area contributed by atoms with Gasteiger partial charge in [0.25, 0.3) is 0 Å². The van der Waals surface area contributed by atoms with E-state index >= 15 is 0 Å². The monoisotopic (exact) mass is 324 g/mol. The lowest BCUT2D eigenvalue weighted by molar-refractivity contribution is -0.152. The van der Waals surface area contributed by atoms with Gasteiger partial charge in [-0.25, -0.2) is 0 Å². The van der Waals surface area contributed by atoms with Gasteiger partial charge >= 0.3 is 11.9 Å². The first-order chi connectivity index (χ1) is 10.7. The van der Waals surface area contributed by atoms with Crippen molar-refractivity contribution in [3.05, 3.63) is 0 Å². The summed E-state index contributed by atoms with van der Waals surface area (Å²) in [6, 6.07) is 0. The third kappa shape index (κ3) is 3.93. The second-order valence-electron chi connectivity index (χ2n) is 7.46. The predicted octanol–water partition coefficient (Wildman–Crippen LogP) is 2.90. The van der Waals surface area contributed by atoms with E-state index in [1.54, 1.807) is 0 Å². The summed E-state index contributed by atoms with van der Waals surface area (Å²) in [5.41, 5.74) is -0.400. The molecule has 5 atom stereocenters. The average molecular weight is 324 g/mol. The van der Waals surface area contributed by atoms with Crippen LogP contribution in [0, 0.1) is 23.2 Å². The van der Waals surface area contributed by atoms with E-state index in [1.807, 2.05) is 6.92 Å². The van der Waals surface area contributed by atoms with E-state index in [9.17, 15) is 14.4 Å². The summed E-state index contributed by atoms with van der Waals surface area (Å²) in [7, 11) is 0. The summed E-state index contributed by atoms with van der Waals surface area (Å²) in [5.74, 6) is 0.283. The summed E-state index contributed by atoms with van der Waals surface area (Å²) < 4.78 is 10.7. The first kappa shape index (κ1) is 18.0. The van der Waals surface area contributed by atoms with Crippen LogP contribution in [0.2, 0.25) is 0 Å². The first-order valence-electron chi connectivity index (χ1n) is 8.58. The molecule has 2 aliphatic rings. The normalized spacial score (nSPS) is 37.5. The van der Waals surface area contributed by atoms with Gasteiger partial charge in [-0.15, -0.1) is 0 Å². The highest BCUT2D eigenvalue weighted by molar-refractivity contribution is 5.87. The molecule has 2 saturated carbocycles. The number of rotatable bonds is 3. The minimum atomic E-state index is -0.400. The number of hydrogen-bond donors (Lipinski definition) is 0. The Morgan fingerprint density at radius 1 is 1.17 bits per heavy atom. The Morgan fingerprint density at radius 3 is 2.48 bits per heavy atom. The second kappa shape index (κ2) is 7.02. The fraction of sp³-hybridized carbons (Fsp3) is 0.833. The molecular formula is C18H28O5. The summed E-state index contributed by atoms with van der Waals surface area (Å²) in [4.78, 5) is 35.1. The maximum atomic E-state index is 12.5. The molecule has 2 rings (SSSR count). The number of carbonyl (C=O) groups excluding carboxylic acids is 3. The number of hydrogen-bond acceptors (Lipinski definition) is 5. The first-order valence-corrected chi connectivity index (χ1v) is 8.58. The molecule has 2 aliphatic carbocycles. The molecule has 0 saturated heterocycles. The molecule has 0 N–H and O–H groups in total. The largest absolute Gasteiger partial charge is 0.466 e. The lowest BCUT2D eigenvalue weighted by Crippen LogP contribution is -2.42. The van der Waals surface area contributed by atoms with Gasteiger partial charge < -0.3 is 9.47 Å². The van der Waals surface area contributed by atoms with Crippen molar-refractivity contribution < 1.29 is 23.9 Å². The molecule has 0 aliphatic heterocycles. The Morgan fingerprint density at radius 2 is 1.87 bits per heavy atom. The van der Waals surface area contributed by atoms with E-state index in [4.69, 9.17) is 9.47 Å². The fourth-order valence-corrected chi connectivity index (χ4v) is 4.60. The maximum Gasteiger partial charge on any atom is 0.302 e. The predicted molar refractivity (Wildman–Crippen MR) is 84.5 cm³/mol. The molecule has 5 nitrogen and oxygen atoms in total. The minimum absolute atomic E-state index is 0.154. The van der Waals surface area contributed by atoms with Gasteiger partial charge in [0.2, 0.25) is 0 Å². The van der Waals surface area contributed by atoms with Crippen LogP contribution in [0.15, 0.2) is 0 Å². The van der Waals surface area contributed by atoms with Gasteiger partial charge in [0, 0.05) is 25.7 Å². The van der Waals surface area contributed by atoms with Crippen LogP contribution in [0.5, 0.6) is 0 Å². The highest BCUT2D eigenvalue weighted by Gasteiger charge is 2.51. The molecule has 130 valence electrons. The third-order valence-electron chi connectivity index (χ3n) is 5.73. The maximum absolute atomic E-state index is 12.5. The van der Waals surface area contributed by atoms with E-state index in [0.29, 0.717) is 18.8 Å². The zero-order valence-corrected chi connectivity index (χ0v) is 14.6. The Hall–Kier alpha value is -1.39. The van der Waals surface area contributed by atoms with Crippen LogP contribution in [0.1, 0.15) is 59.8 Å². The Kier molecular flexibility index (Phi) is 5.48. The van der Waals surface area contributed by atoms with Crippen LogP contribution in [0.4, 0.5) is 0 Å². The second-order valence-corrected chi connectivity index (χ2v) is 7.46. The van der Waals surface area contributed by atoms with Crippen molar-refractivity contribution in [2.24, 2.45) is 23.2 Å². The Balaban J connectivity index is 2.22. The molecule has 0 aromatic heterocycles. The molecule has 0 aromatic rings. The molecule has 2 fully saturated rings. The van der Waals surface area contributed by atoms with Gasteiger partial charge in [0.05, 0.1) is 6.61 Å². The smallest absolute Gasteiger partial charge is 0.302 e. The summed E-state index contributed by atoms with van der Waals surface area (Å²) in [6.07, 6.45) is 3.59. The van der Waals surface area contributed by atoms with E-state index < -0.39 is 5.41 Å². The number of esters is 2. The SMILES string of the molecule is CC(=O)OC[C@H]1CC[C@@H](OC(C)=O)[C@H](C)C[C@@]2(C)C(=O)CC[C@H]12. The lowest BCUT2D eigenvalue weighted by Gasteiger charge is -2.41. The molecule has 0 spiro atoms. The number of Topliss-reactive ketones (excluding diaryl/α,β-unsaturated/α-hetero) is 1. The topological polar surface area (TPSA) is 69.7 Å². The van der Waals surface area contributed by atoms with Crippen molar-refractivity contribution in [3.8, 4) is 0 Å². The van der Waals surface area contributed by atoms with Crippen molar-refractivity contribution in [1.29, 1.82) is 0 Å². The molecule has 0 radical (unpaired) electrons. The van der Waals surface area contributed by atoms with Crippen molar-refractivity contribution in [2.45, 2.75) is 65.9 Å². The number of ether oxygens (including phenoxy) is 2. The van der Waals surface area contributed by atoms with Gasteiger partial charge in [-0.05, 0) is 43.4 Å². The van der Waals surface area contributed by atoms with Crippen molar-refractivity contribution in [3.63, 3.8) is 0 Å². The zero-order chi connectivity index (χ0) is 17.2. The van der Waals surface area contributed by atoms with E-state index in [1.165, 1.54) is 13.8 Å². The molecule has 0 unspecified atom stereocenters. The summed E-state index contributed by atoms with van der Waals surface area (Å²) >= 11 is 0. The van der Waals surface area contributed by atoms with Gasteiger partial charge in [-0.1, -0.05) is 13.8 Å². The van der Waals surface area contributed by atoms with Crippen molar-refractivity contribution in [1.82, 2.24) is 0 Å². The molecule has 5 heteroatoms. The zero-order valence-electron chi connectivity index (χ0n) is 14.6. The highest BCUT2D eigenvalue weighted by Crippen LogP contribution is 2.51. The molecule has 23 heavy (non-hydrogen) atoms. The molecule has 0 amide bonds. The summed E-state index contributed by atoms with van der Waals surface area (Å²) in [5, 5.41) is 0. The number of carbonyl (C=O) groups is 3. The minimum Gasteiger partial charge on any atom is -0.466 e. The average Bonchev–Trinajstić information content (AvgIpc) is 2.71. The lowest BCUT2D eigenvalue weighted by atomic mass is 9.64. The number of ketones is 1. The molecule has 0 heterocycles. The van der Waals surface area contributed by atoms with E-state index in [-0.39, 0.29) is 35.8 Å². The van der Waals surface area contributed by atoms with E-state index in [0.717, 1.165) is 25.7 Å². The van der Waals surface area contributed by atoms with Crippen LogP contribution in [-0.4, -0.2) is 30.4 Å². The Bertz CT molecular complexity index is 486. The van der Waals surface area contributed by atoms with Crippen LogP contribution in [-0.2, 0) is 23.9 Å².